The summed E-state index contributed by atoms with van der Waals surface area (Å²) in [5, 5.41) is 8.08. The van der Waals surface area contributed by atoms with Crippen molar-refractivity contribution in [3.63, 3.8) is 0 Å². The van der Waals surface area contributed by atoms with Crippen LogP contribution in [-0.2, 0) is 10.0 Å². The summed E-state index contributed by atoms with van der Waals surface area (Å²) in [5.74, 6) is 0. The molecule has 1 fully saturated rings. The first kappa shape index (κ1) is 18.8. The van der Waals surface area contributed by atoms with Gasteiger partial charge in [-0.3, -0.25) is 5.43 Å². The van der Waals surface area contributed by atoms with E-state index in [9.17, 15) is 8.42 Å². The van der Waals surface area contributed by atoms with Gasteiger partial charge in [-0.2, -0.15) is 5.10 Å². The Bertz CT molecular complexity index is 693. The van der Waals surface area contributed by atoms with E-state index in [-0.39, 0.29) is 4.90 Å². The predicted molar refractivity (Wildman–Crippen MR) is 101 cm³/mol. The van der Waals surface area contributed by atoms with Crippen LogP contribution < -0.4 is 15.5 Å². The molecule has 0 aromatic heterocycles. The first-order valence-corrected chi connectivity index (χ1v) is 9.96. The number of thiocarbonyl (C=S) groups is 1. The Morgan fingerprint density at radius 1 is 1.17 bits per heavy atom. The Balaban J connectivity index is 1.94. The number of nitrogens with one attached hydrogen (secondary N) is 3. The minimum absolute atomic E-state index is 0.226. The van der Waals surface area contributed by atoms with Gasteiger partial charge in [0, 0.05) is 6.04 Å². The molecule has 0 spiro atoms. The zero-order chi connectivity index (χ0) is 17.6. The second-order valence-electron chi connectivity index (χ2n) is 5.85. The minimum Gasteiger partial charge on any atom is -0.359 e. The number of nitrogens with zero attached hydrogens (tertiary/aromatic N) is 1. The molecule has 0 bridgehead atoms. The first-order valence-electron chi connectivity index (χ1n) is 8.07. The topological polar surface area (TPSA) is 82.6 Å². The van der Waals surface area contributed by atoms with E-state index in [0.29, 0.717) is 11.2 Å². The Kier molecular flexibility index (Phi) is 6.70. The van der Waals surface area contributed by atoms with Crippen LogP contribution >= 0.6 is 12.2 Å². The molecule has 0 radical (unpaired) electrons. The van der Waals surface area contributed by atoms with E-state index in [4.69, 9.17) is 12.2 Å². The largest absolute Gasteiger partial charge is 0.359 e. The van der Waals surface area contributed by atoms with E-state index in [1.54, 1.807) is 24.3 Å². The lowest BCUT2D eigenvalue weighted by molar-refractivity contribution is 0.412. The Morgan fingerprint density at radius 3 is 2.38 bits per heavy atom. The van der Waals surface area contributed by atoms with Crippen LogP contribution in [0, 0.1) is 0 Å². The molecule has 1 aromatic carbocycles. The van der Waals surface area contributed by atoms with Gasteiger partial charge in [-0.25, -0.2) is 13.1 Å². The first-order chi connectivity index (χ1) is 11.4. The lowest BCUT2D eigenvalue weighted by atomic mass is 9.96. The maximum atomic E-state index is 11.7. The molecule has 0 atom stereocenters. The molecule has 3 N–H and O–H groups in total. The SMILES string of the molecule is CNS(=O)(=O)c1ccc(/C(C)=N\NC(=S)NC2CCCCC2)cc1. The molecule has 132 valence electrons. The monoisotopic (exact) mass is 368 g/mol. The maximum absolute atomic E-state index is 11.7. The van der Waals surface area contributed by atoms with Crippen molar-refractivity contribution in [2.45, 2.75) is 50.0 Å². The molecular formula is C16H24N4O2S2. The molecule has 6 nitrogen and oxygen atoms in total. The molecule has 2 rings (SSSR count). The molecule has 0 heterocycles. The lowest BCUT2D eigenvalue weighted by Gasteiger charge is -2.23. The van der Waals surface area contributed by atoms with E-state index in [1.165, 1.54) is 26.3 Å². The van der Waals surface area contributed by atoms with E-state index in [1.807, 2.05) is 6.92 Å². The number of hydrazone groups is 1. The second kappa shape index (κ2) is 8.55. The molecule has 1 aliphatic rings. The van der Waals surface area contributed by atoms with Crippen LogP contribution in [0.1, 0.15) is 44.6 Å². The summed E-state index contributed by atoms with van der Waals surface area (Å²) in [4.78, 5) is 0.226. The molecule has 0 saturated heterocycles. The Morgan fingerprint density at radius 2 is 1.79 bits per heavy atom. The number of hydrogen-bond acceptors (Lipinski definition) is 4. The fourth-order valence-electron chi connectivity index (χ4n) is 2.66. The number of benzene rings is 1. The average molecular weight is 369 g/mol. The van der Waals surface area contributed by atoms with Gasteiger partial charge in [-0.1, -0.05) is 31.4 Å². The molecule has 1 aliphatic carbocycles. The summed E-state index contributed by atoms with van der Waals surface area (Å²) >= 11 is 5.27. The van der Waals surface area contributed by atoms with Crippen molar-refractivity contribution >= 4 is 33.1 Å². The number of sulfonamides is 1. The van der Waals surface area contributed by atoms with Crippen LogP contribution in [0.3, 0.4) is 0 Å². The van der Waals surface area contributed by atoms with Gasteiger partial charge in [0.2, 0.25) is 10.0 Å². The fourth-order valence-corrected chi connectivity index (χ4v) is 3.60. The van der Waals surface area contributed by atoms with Gasteiger partial charge in [0.05, 0.1) is 10.6 Å². The van der Waals surface area contributed by atoms with Crippen LogP contribution in [0.25, 0.3) is 0 Å². The van der Waals surface area contributed by atoms with Gasteiger partial charge in [-0.05, 0) is 56.7 Å². The van der Waals surface area contributed by atoms with E-state index in [2.05, 4.69) is 20.6 Å². The summed E-state index contributed by atoms with van der Waals surface area (Å²) in [6.07, 6.45) is 6.07. The van der Waals surface area contributed by atoms with Gasteiger partial charge in [0.25, 0.3) is 0 Å². The molecule has 0 amide bonds. The van der Waals surface area contributed by atoms with Crippen LogP contribution in [0.5, 0.6) is 0 Å². The van der Waals surface area contributed by atoms with Gasteiger partial charge in [0.15, 0.2) is 5.11 Å². The highest BCUT2D eigenvalue weighted by Crippen LogP contribution is 2.17. The minimum atomic E-state index is -3.42. The normalized spacial score (nSPS) is 16.7. The molecule has 0 aliphatic heterocycles. The van der Waals surface area contributed by atoms with Crippen molar-refractivity contribution in [1.29, 1.82) is 0 Å². The van der Waals surface area contributed by atoms with Gasteiger partial charge in [-0.15, -0.1) is 0 Å². The van der Waals surface area contributed by atoms with Crippen LogP contribution in [0.2, 0.25) is 0 Å². The van der Waals surface area contributed by atoms with E-state index in [0.717, 1.165) is 24.1 Å². The summed E-state index contributed by atoms with van der Waals surface area (Å²) in [5.41, 5.74) is 4.43. The number of rotatable bonds is 5. The van der Waals surface area contributed by atoms with Crippen molar-refractivity contribution in [1.82, 2.24) is 15.5 Å². The fraction of sp³-hybridized carbons (Fsp3) is 0.500. The van der Waals surface area contributed by atoms with Crippen LogP contribution in [-0.4, -0.2) is 32.3 Å². The molecule has 0 unspecified atom stereocenters. The standard InChI is InChI=1S/C16H24N4O2S2/c1-12(13-8-10-15(11-9-13)24(21,22)17-2)19-20-16(23)18-14-6-4-3-5-7-14/h8-11,14,17H,3-7H2,1-2H3,(H2,18,20,23)/b19-12-. The molecule has 8 heteroatoms. The summed E-state index contributed by atoms with van der Waals surface area (Å²) in [6.45, 7) is 1.85. The Labute approximate surface area is 149 Å². The predicted octanol–water partition coefficient (Wildman–Crippen LogP) is 2.12. The Hall–Kier alpha value is -1.51. The van der Waals surface area contributed by atoms with Crippen LogP contribution in [0.4, 0.5) is 0 Å². The highest BCUT2D eigenvalue weighted by Gasteiger charge is 2.14. The summed E-state index contributed by atoms with van der Waals surface area (Å²) in [7, 11) is -2.03. The number of hydrogen-bond donors (Lipinski definition) is 3. The van der Waals surface area contributed by atoms with E-state index < -0.39 is 10.0 Å². The van der Waals surface area contributed by atoms with Crippen molar-refractivity contribution < 1.29 is 8.42 Å². The molecule has 24 heavy (non-hydrogen) atoms. The van der Waals surface area contributed by atoms with Gasteiger partial charge >= 0.3 is 0 Å². The molecule has 1 aromatic rings. The summed E-state index contributed by atoms with van der Waals surface area (Å²) < 4.78 is 25.7. The third-order valence-corrected chi connectivity index (χ3v) is 5.76. The average Bonchev–Trinajstić information content (AvgIpc) is 2.60. The highest BCUT2D eigenvalue weighted by molar-refractivity contribution is 7.89. The van der Waals surface area contributed by atoms with Gasteiger partial charge < -0.3 is 5.32 Å². The summed E-state index contributed by atoms with van der Waals surface area (Å²) in [6, 6.07) is 6.99. The molecule has 1 saturated carbocycles. The van der Waals surface area contributed by atoms with Gasteiger partial charge in [0.1, 0.15) is 0 Å². The van der Waals surface area contributed by atoms with Crippen molar-refractivity contribution in [2.75, 3.05) is 7.05 Å². The second-order valence-corrected chi connectivity index (χ2v) is 8.14. The zero-order valence-electron chi connectivity index (χ0n) is 14.0. The van der Waals surface area contributed by atoms with E-state index >= 15 is 0 Å². The molecular weight excluding hydrogens is 344 g/mol. The lowest BCUT2D eigenvalue weighted by Crippen LogP contribution is -2.41. The zero-order valence-corrected chi connectivity index (χ0v) is 15.6. The van der Waals surface area contributed by atoms with Crippen molar-refractivity contribution in [2.24, 2.45) is 5.10 Å². The van der Waals surface area contributed by atoms with Crippen molar-refractivity contribution in [3.05, 3.63) is 29.8 Å². The smallest absolute Gasteiger partial charge is 0.240 e. The quantitative estimate of drug-likeness (QED) is 0.421. The third-order valence-electron chi connectivity index (χ3n) is 4.12. The highest BCUT2D eigenvalue weighted by atomic mass is 32.2. The van der Waals surface area contributed by atoms with Crippen LogP contribution in [0.15, 0.2) is 34.3 Å². The maximum Gasteiger partial charge on any atom is 0.240 e. The van der Waals surface area contributed by atoms with Crippen molar-refractivity contribution in [3.8, 4) is 0 Å². The third kappa shape index (κ3) is 5.25.